The summed E-state index contributed by atoms with van der Waals surface area (Å²) in [5, 5.41) is 13.0. The fourth-order valence-electron chi connectivity index (χ4n) is 1.68. The minimum absolute atomic E-state index is 0.291. The molecule has 0 aromatic heterocycles. The second-order valence-electron chi connectivity index (χ2n) is 5.14. The predicted molar refractivity (Wildman–Crippen MR) is 76.9 cm³/mol. The van der Waals surface area contributed by atoms with E-state index in [9.17, 15) is 5.11 Å². The van der Waals surface area contributed by atoms with Crippen LogP contribution in [0.2, 0.25) is 0 Å². The van der Waals surface area contributed by atoms with Gasteiger partial charge in [-0.15, -0.1) is 0 Å². The van der Waals surface area contributed by atoms with E-state index in [2.05, 4.69) is 37.9 Å². The van der Waals surface area contributed by atoms with Gasteiger partial charge in [-0.1, -0.05) is 27.7 Å². The lowest BCUT2D eigenvalue weighted by atomic mass is 10.1. The van der Waals surface area contributed by atoms with Crippen LogP contribution in [0.25, 0.3) is 0 Å². The highest BCUT2D eigenvalue weighted by Gasteiger charge is 2.07. The summed E-state index contributed by atoms with van der Waals surface area (Å²) >= 11 is 0. The average molecular weight is 260 g/mol. The van der Waals surface area contributed by atoms with Crippen LogP contribution >= 0.6 is 0 Å². The maximum atomic E-state index is 9.81. The fraction of sp³-hybridized carbons (Fsp3) is 1.00. The number of rotatable bonds is 12. The Balaban J connectivity index is 3.32. The minimum Gasteiger partial charge on any atom is -0.390 e. The van der Waals surface area contributed by atoms with Gasteiger partial charge in [0.15, 0.2) is 0 Å². The molecule has 0 aliphatic rings. The van der Waals surface area contributed by atoms with Gasteiger partial charge in [0, 0.05) is 26.2 Å². The molecular weight excluding hydrogens is 228 g/mol. The van der Waals surface area contributed by atoms with Gasteiger partial charge < -0.3 is 20.1 Å². The molecule has 0 saturated carbocycles. The summed E-state index contributed by atoms with van der Waals surface area (Å²) in [5.74, 6) is 0.703. The third-order valence-corrected chi connectivity index (χ3v) is 3.01. The molecule has 2 N–H and O–H groups in total. The Hall–Kier alpha value is -0.160. The molecule has 4 heteroatoms. The number of aliphatic hydroxyl groups is 1. The van der Waals surface area contributed by atoms with E-state index in [-0.39, 0.29) is 6.10 Å². The van der Waals surface area contributed by atoms with E-state index < -0.39 is 0 Å². The molecule has 0 saturated heterocycles. The van der Waals surface area contributed by atoms with Crippen LogP contribution in [0.3, 0.4) is 0 Å². The minimum atomic E-state index is -0.291. The van der Waals surface area contributed by atoms with Crippen molar-refractivity contribution in [3.63, 3.8) is 0 Å². The van der Waals surface area contributed by atoms with E-state index in [0.717, 1.165) is 45.8 Å². The zero-order chi connectivity index (χ0) is 13.8. The molecule has 0 bridgehead atoms. The number of likely N-dealkylation sites (N-methyl/N-ethyl adjacent to an activating group) is 1. The maximum Gasteiger partial charge on any atom is 0.0791 e. The summed E-state index contributed by atoms with van der Waals surface area (Å²) in [5.41, 5.74) is 0. The van der Waals surface area contributed by atoms with E-state index in [1.165, 1.54) is 0 Å². The normalized spacial score (nSPS) is 13.5. The van der Waals surface area contributed by atoms with Crippen LogP contribution in [-0.4, -0.2) is 62.0 Å². The van der Waals surface area contributed by atoms with Crippen LogP contribution in [0, 0.1) is 5.92 Å². The van der Waals surface area contributed by atoms with Gasteiger partial charge in [-0.05, 0) is 25.4 Å². The summed E-state index contributed by atoms with van der Waals surface area (Å²) in [6.07, 6.45) is 0.825. The molecule has 0 heterocycles. The van der Waals surface area contributed by atoms with Crippen molar-refractivity contribution in [1.29, 1.82) is 0 Å². The van der Waals surface area contributed by atoms with Crippen LogP contribution < -0.4 is 5.32 Å². The Kier molecular flexibility index (Phi) is 11.8. The van der Waals surface area contributed by atoms with Crippen molar-refractivity contribution in [2.24, 2.45) is 5.92 Å². The van der Waals surface area contributed by atoms with E-state index in [0.29, 0.717) is 12.5 Å². The average Bonchev–Trinajstić information content (AvgIpc) is 2.34. The Morgan fingerprint density at radius 2 is 1.83 bits per heavy atom. The van der Waals surface area contributed by atoms with E-state index in [1.54, 1.807) is 0 Å². The van der Waals surface area contributed by atoms with E-state index in [4.69, 9.17) is 4.74 Å². The molecule has 0 aromatic carbocycles. The summed E-state index contributed by atoms with van der Waals surface area (Å²) in [6, 6.07) is 0. The standard InChI is InChI=1S/C14H32N2O2/c1-5-16(6-2)12-14(17)11-15-8-10-18-9-7-13(3)4/h13-15,17H,5-12H2,1-4H3. The molecule has 0 aromatic rings. The van der Waals surface area contributed by atoms with Gasteiger partial charge in [0.2, 0.25) is 0 Å². The molecule has 18 heavy (non-hydrogen) atoms. The summed E-state index contributed by atoms with van der Waals surface area (Å²) < 4.78 is 5.50. The van der Waals surface area contributed by atoms with Crippen molar-refractivity contribution in [1.82, 2.24) is 10.2 Å². The molecule has 0 radical (unpaired) electrons. The second-order valence-corrected chi connectivity index (χ2v) is 5.14. The summed E-state index contributed by atoms with van der Waals surface area (Å²) in [6.45, 7) is 14.4. The first kappa shape index (κ1) is 17.8. The highest BCUT2D eigenvalue weighted by atomic mass is 16.5. The van der Waals surface area contributed by atoms with E-state index in [1.807, 2.05) is 0 Å². The SMILES string of the molecule is CCN(CC)CC(O)CNCCOCCC(C)C. The Bertz CT molecular complexity index is 173. The monoisotopic (exact) mass is 260 g/mol. The van der Waals surface area contributed by atoms with Gasteiger partial charge in [-0.25, -0.2) is 0 Å². The van der Waals surface area contributed by atoms with Crippen molar-refractivity contribution in [3.05, 3.63) is 0 Å². The fourth-order valence-corrected chi connectivity index (χ4v) is 1.68. The van der Waals surface area contributed by atoms with Crippen molar-refractivity contribution in [2.45, 2.75) is 40.2 Å². The molecule has 110 valence electrons. The quantitative estimate of drug-likeness (QED) is 0.520. The molecule has 0 rings (SSSR count). The molecule has 0 spiro atoms. The zero-order valence-electron chi connectivity index (χ0n) is 12.6. The van der Waals surface area contributed by atoms with Crippen LogP contribution in [0.5, 0.6) is 0 Å². The number of hydrogen-bond acceptors (Lipinski definition) is 4. The third-order valence-electron chi connectivity index (χ3n) is 3.01. The smallest absolute Gasteiger partial charge is 0.0791 e. The van der Waals surface area contributed by atoms with Gasteiger partial charge in [0.25, 0.3) is 0 Å². The third kappa shape index (κ3) is 11.0. The Morgan fingerprint density at radius 1 is 1.17 bits per heavy atom. The van der Waals surface area contributed by atoms with Gasteiger partial charge in [-0.2, -0.15) is 0 Å². The van der Waals surface area contributed by atoms with Crippen molar-refractivity contribution in [2.75, 3.05) is 45.9 Å². The van der Waals surface area contributed by atoms with Crippen LogP contribution in [-0.2, 0) is 4.74 Å². The molecule has 0 aliphatic carbocycles. The summed E-state index contributed by atoms with van der Waals surface area (Å²) in [7, 11) is 0. The number of nitrogens with zero attached hydrogens (tertiary/aromatic N) is 1. The Labute approximate surface area is 113 Å². The van der Waals surface area contributed by atoms with Crippen molar-refractivity contribution in [3.8, 4) is 0 Å². The first-order chi connectivity index (χ1) is 8.60. The lowest BCUT2D eigenvalue weighted by Gasteiger charge is -2.22. The lowest BCUT2D eigenvalue weighted by molar-refractivity contribution is 0.104. The molecule has 1 atom stereocenters. The Morgan fingerprint density at radius 3 is 2.39 bits per heavy atom. The number of ether oxygens (including phenoxy) is 1. The highest BCUT2D eigenvalue weighted by molar-refractivity contribution is 4.64. The number of hydrogen-bond donors (Lipinski definition) is 2. The maximum absolute atomic E-state index is 9.81. The van der Waals surface area contributed by atoms with Gasteiger partial charge in [0.05, 0.1) is 12.7 Å². The molecule has 0 amide bonds. The van der Waals surface area contributed by atoms with Crippen molar-refractivity contribution >= 4 is 0 Å². The van der Waals surface area contributed by atoms with Crippen LogP contribution in [0.15, 0.2) is 0 Å². The van der Waals surface area contributed by atoms with Crippen LogP contribution in [0.4, 0.5) is 0 Å². The molecule has 1 unspecified atom stereocenters. The van der Waals surface area contributed by atoms with Crippen molar-refractivity contribution < 1.29 is 9.84 Å². The van der Waals surface area contributed by atoms with Crippen LogP contribution in [0.1, 0.15) is 34.1 Å². The van der Waals surface area contributed by atoms with Gasteiger partial charge >= 0.3 is 0 Å². The first-order valence-corrected chi connectivity index (χ1v) is 7.28. The zero-order valence-corrected chi connectivity index (χ0v) is 12.6. The van der Waals surface area contributed by atoms with Gasteiger partial charge in [-0.3, -0.25) is 0 Å². The molecular formula is C14H32N2O2. The lowest BCUT2D eigenvalue weighted by Crippen LogP contribution is -2.39. The largest absolute Gasteiger partial charge is 0.390 e. The predicted octanol–water partition coefficient (Wildman–Crippen LogP) is 1.34. The summed E-state index contributed by atoms with van der Waals surface area (Å²) in [4.78, 5) is 2.23. The molecule has 0 fully saturated rings. The number of aliphatic hydroxyl groups excluding tert-OH is 1. The highest BCUT2D eigenvalue weighted by Crippen LogP contribution is 1.98. The first-order valence-electron chi connectivity index (χ1n) is 7.28. The topological polar surface area (TPSA) is 44.7 Å². The molecule has 0 aliphatic heterocycles. The molecule has 4 nitrogen and oxygen atoms in total. The van der Waals surface area contributed by atoms with Gasteiger partial charge in [0.1, 0.15) is 0 Å². The number of nitrogens with one attached hydrogen (secondary N) is 1. The van der Waals surface area contributed by atoms with E-state index >= 15 is 0 Å². The second kappa shape index (κ2) is 11.9.